The number of nitriles is 1. The van der Waals surface area contributed by atoms with Gasteiger partial charge >= 0.3 is 0 Å². The van der Waals surface area contributed by atoms with Crippen LogP contribution in [0.15, 0.2) is 0 Å². The molecule has 0 spiro atoms. The molecule has 14 heavy (non-hydrogen) atoms. The standard InChI is InChI=1S/C9H18N2O2S/c1-3-4-5-6-7-11-14(12,13)9(2)8-10/h9,11H,3-7H2,1-2H3. The predicted octanol–water partition coefficient (Wildman–Crippen LogP) is 1.40. The van der Waals surface area contributed by atoms with Crippen LogP contribution in [-0.4, -0.2) is 20.2 Å². The molecule has 0 saturated heterocycles. The van der Waals surface area contributed by atoms with Gasteiger partial charge in [-0.2, -0.15) is 5.26 Å². The van der Waals surface area contributed by atoms with E-state index >= 15 is 0 Å². The molecule has 0 aliphatic rings. The highest BCUT2D eigenvalue weighted by Crippen LogP contribution is 2.00. The van der Waals surface area contributed by atoms with Crippen LogP contribution in [-0.2, 0) is 10.0 Å². The van der Waals surface area contributed by atoms with Crippen molar-refractivity contribution in [1.29, 1.82) is 5.26 Å². The van der Waals surface area contributed by atoms with Gasteiger partial charge in [0.15, 0.2) is 5.25 Å². The fourth-order valence-corrected chi connectivity index (χ4v) is 1.78. The van der Waals surface area contributed by atoms with Crippen LogP contribution in [0.1, 0.15) is 39.5 Å². The summed E-state index contributed by atoms with van der Waals surface area (Å²) in [6.07, 6.45) is 4.11. The Morgan fingerprint density at radius 3 is 2.50 bits per heavy atom. The molecule has 0 heterocycles. The average Bonchev–Trinajstić information content (AvgIpc) is 2.16. The van der Waals surface area contributed by atoms with Gasteiger partial charge in [-0.1, -0.05) is 26.2 Å². The molecule has 1 unspecified atom stereocenters. The lowest BCUT2D eigenvalue weighted by molar-refractivity contribution is 0.569. The minimum absolute atomic E-state index is 0.439. The third-order valence-corrected chi connectivity index (χ3v) is 3.62. The first-order valence-electron chi connectivity index (χ1n) is 4.92. The van der Waals surface area contributed by atoms with E-state index in [0.717, 1.165) is 25.7 Å². The summed E-state index contributed by atoms with van der Waals surface area (Å²) in [5.41, 5.74) is 0. The molecule has 0 radical (unpaired) electrons. The summed E-state index contributed by atoms with van der Waals surface area (Å²) < 4.78 is 24.9. The zero-order valence-electron chi connectivity index (χ0n) is 8.78. The summed E-state index contributed by atoms with van der Waals surface area (Å²) in [6, 6.07) is 1.71. The second-order valence-electron chi connectivity index (χ2n) is 3.27. The number of nitrogens with zero attached hydrogens (tertiary/aromatic N) is 1. The van der Waals surface area contributed by atoms with Crippen LogP contribution in [0.4, 0.5) is 0 Å². The largest absolute Gasteiger partial charge is 0.227 e. The molecule has 1 N–H and O–H groups in total. The summed E-state index contributed by atoms with van der Waals surface area (Å²) in [4.78, 5) is 0. The van der Waals surface area contributed by atoms with E-state index in [1.54, 1.807) is 6.07 Å². The van der Waals surface area contributed by atoms with Gasteiger partial charge in [0.1, 0.15) is 0 Å². The highest BCUT2D eigenvalue weighted by Gasteiger charge is 2.18. The highest BCUT2D eigenvalue weighted by molar-refractivity contribution is 7.90. The summed E-state index contributed by atoms with van der Waals surface area (Å²) >= 11 is 0. The van der Waals surface area contributed by atoms with Gasteiger partial charge in [-0.3, -0.25) is 0 Å². The number of hydrogen-bond donors (Lipinski definition) is 1. The first kappa shape index (κ1) is 13.4. The Labute approximate surface area is 86.4 Å². The minimum Gasteiger partial charge on any atom is -0.214 e. The fraction of sp³-hybridized carbons (Fsp3) is 0.889. The molecule has 82 valence electrons. The van der Waals surface area contributed by atoms with Gasteiger partial charge < -0.3 is 0 Å². The molecule has 0 saturated carbocycles. The predicted molar refractivity (Wildman–Crippen MR) is 56.1 cm³/mol. The second-order valence-corrected chi connectivity index (χ2v) is 5.36. The van der Waals surface area contributed by atoms with E-state index in [1.165, 1.54) is 6.92 Å². The van der Waals surface area contributed by atoms with Crippen molar-refractivity contribution in [2.24, 2.45) is 0 Å². The molecule has 0 aliphatic heterocycles. The Hall–Kier alpha value is -0.600. The molecule has 1 atom stereocenters. The lowest BCUT2D eigenvalue weighted by atomic mass is 10.2. The number of sulfonamides is 1. The SMILES string of the molecule is CCCCCCNS(=O)(=O)C(C)C#N. The van der Waals surface area contributed by atoms with Crippen molar-refractivity contribution in [2.75, 3.05) is 6.54 Å². The maximum absolute atomic E-state index is 11.3. The van der Waals surface area contributed by atoms with Gasteiger partial charge in [0.25, 0.3) is 0 Å². The topological polar surface area (TPSA) is 70.0 Å². The smallest absolute Gasteiger partial charge is 0.214 e. The van der Waals surface area contributed by atoms with Crippen molar-refractivity contribution in [3.63, 3.8) is 0 Å². The van der Waals surface area contributed by atoms with Crippen LogP contribution in [0.3, 0.4) is 0 Å². The number of hydrogen-bond acceptors (Lipinski definition) is 3. The quantitative estimate of drug-likeness (QED) is 0.657. The molecule has 0 aromatic heterocycles. The average molecular weight is 218 g/mol. The summed E-state index contributed by atoms with van der Waals surface area (Å²) in [6.45, 7) is 3.92. The van der Waals surface area contributed by atoms with Crippen LogP contribution in [0.25, 0.3) is 0 Å². The van der Waals surface area contributed by atoms with Crippen LogP contribution >= 0.6 is 0 Å². The molecule has 0 aromatic carbocycles. The molecule has 0 aliphatic carbocycles. The Balaban J connectivity index is 3.74. The first-order chi connectivity index (χ1) is 6.54. The Bertz CT molecular complexity index is 280. The van der Waals surface area contributed by atoms with Crippen LogP contribution in [0, 0.1) is 11.3 Å². The van der Waals surface area contributed by atoms with Crippen LogP contribution in [0.5, 0.6) is 0 Å². The van der Waals surface area contributed by atoms with E-state index in [0.29, 0.717) is 6.54 Å². The minimum atomic E-state index is -3.41. The van der Waals surface area contributed by atoms with E-state index in [-0.39, 0.29) is 0 Å². The maximum atomic E-state index is 11.3. The summed E-state index contributed by atoms with van der Waals surface area (Å²) in [5, 5.41) is 7.48. The van der Waals surface area contributed by atoms with E-state index in [2.05, 4.69) is 11.6 Å². The van der Waals surface area contributed by atoms with Crippen molar-refractivity contribution in [2.45, 2.75) is 44.8 Å². The Morgan fingerprint density at radius 1 is 1.36 bits per heavy atom. The number of nitrogens with one attached hydrogen (secondary N) is 1. The molecule has 5 heteroatoms. The van der Waals surface area contributed by atoms with Crippen molar-refractivity contribution in [3.8, 4) is 6.07 Å². The van der Waals surface area contributed by atoms with E-state index < -0.39 is 15.3 Å². The molecule has 0 amide bonds. The zero-order chi connectivity index (χ0) is 11.0. The number of rotatable bonds is 7. The normalized spacial score (nSPS) is 13.5. The van der Waals surface area contributed by atoms with Crippen molar-refractivity contribution in [3.05, 3.63) is 0 Å². The van der Waals surface area contributed by atoms with Gasteiger partial charge in [0.05, 0.1) is 6.07 Å². The van der Waals surface area contributed by atoms with Crippen molar-refractivity contribution >= 4 is 10.0 Å². The van der Waals surface area contributed by atoms with E-state index in [4.69, 9.17) is 5.26 Å². The van der Waals surface area contributed by atoms with E-state index in [9.17, 15) is 8.42 Å². The summed E-state index contributed by atoms with van der Waals surface area (Å²) in [5.74, 6) is 0. The third kappa shape index (κ3) is 5.20. The molecule has 0 fully saturated rings. The zero-order valence-corrected chi connectivity index (χ0v) is 9.60. The van der Waals surface area contributed by atoms with E-state index in [1.807, 2.05) is 0 Å². The van der Waals surface area contributed by atoms with Gasteiger partial charge in [0.2, 0.25) is 10.0 Å². The second kappa shape index (κ2) is 6.80. The molecule has 0 bridgehead atoms. The van der Waals surface area contributed by atoms with Gasteiger partial charge in [-0.25, -0.2) is 13.1 Å². The van der Waals surface area contributed by atoms with Crippen LogP contribution < -0.4 is 4.72 Å². The molecule has 4 nitrogen and oxygen atoms in total. The summed E-state index contributed by atoms with van der Waals surface area (Å²) in [7, 11) is -3.41. The first-order valence-corrected chi connectivity index (χ1v) is 6.47. The number of unbranched alkanes of at least 4 members (excludes halogenated alkanes) is 3. The lowest BCUT2D eigenvalue weighted by Crippen LogP contribution is -2.32. The van der Waals surface area contributed by atoms with Crippen molar-refractivity contribution in [1.82, 2.24) is 4.72 Å². The lowest BCUT2D eigenvalue weighted by Gasteiger charge is -2.06. The van der Waals surface area contributed by atoms with Gasteiger partial charge in [-0.15, -0.1) is 0 Å². The molecule has 0 rings (SSSR count). The Morgan fingerprint density at radius 2 is 2.00 bits per heavy atom. The molecular formula is C9H18N2O2S. The van der Waals surface area contributed by atoms with Gasteiger partial charge in [0, 0.05) is 6.54 Å². The monoisotopic (exact) mass is 218 g/mol. The highest BCUT2D eigenvalue weighted by atomic mass is 32.2. The van der Waals surface area contributed by atoms with Crippen LogP contribution in [0.2, 0.25) is 0 Å². The fourth-order valence-electron chi connectivity index (χ4n) is 0.961. The van der Waals surface area contributed by atoms with Crippen molar-refractivity contribution < 1.29 is 8.42 Å². The molecular weight excluding hydrogens is 200 g/mol. The molecule has 0 aromatic rings. The Kier molecular flexibility index (Phi) is 6.50. The maximum Gasteiger partial charge on any atom is 0.227 e. The third-order valence-electron chi connectivity index (χ3n) is 1.98. The van der Waals surface area contributed by atoms with Gasteiger partial charge in [-0.05, 0) is 13.3 Å².